The van der Waals surface area contributed by atoms with E-state index in [0.29, 0.717) is 4.90 Å². The largest absolute Gasteiger partial charge is 0.605 e. The van der Waals surface area contributed by atoms with Crippen LogP contribution in [0.25, 0.3) is 0 Å². The zero-order valence-electron chi connectivity index (χ0n) is 9.92. The summed E-state index contributed by atoms with van der Waals surface area (Å²) in [5.41, 5.74) is -0.0554. The fourth-order valence-electron chi connectivity index (χ4n) is 1.38. The molecule has 0 bridgehead atoms. The molecule has 1 N–H and O–H groups in total. The van der Waals surface area contributed by atoms with Crippen molar-refractivity contribution in [3.8, 4) is 0 Å². The summed E-state index contributed by atoms with van der Waals surface area (Å²) in [6.45, 7) is 1.90. The molecule has 2 aromatic rings. The number of hydrogen-bond donors (Lipinski definition) is 1. The van der Waals surface area contributed by atoms with E-state index in [-0.39, 0.29) is 17.3 Å². The molecule has 19 heavy (non-hydrogen) atoms. The van der Waals surface area contributed by atoms with Crippen molar-refractivity contribution < 1.29 is 14.1 Å². The van der Waals surface area contributed by atoms with Crippen molar-refractivity contribution in [3.63, 3.8) is 0 Å². The molecule has 100 valence electrons. The predicted octanol–water partition coefficient (Wildman–Crippen LogP) is 1.91. The summed E-state index contributed by atoms with van der Waals surface area (Å²) in [6.07, 6.45) is 0. The molecule has 1 atom stereocenters. The van der Waals surface area contributed by atoms with Gasteiger partial charge in [-0.2, -0.15) is 0 Å². The van der Waals surface area contributed by atoms with Gasteiger partial charge in [-0.15, -0.1) is 5.10 Å². The van der Waals surface area contributed by atoms with Crippen LogP contribution in [0.5, 0.6) is 0 Å². The van der Waals surface area contributed by atoms with Gasteiger partial charge in [0.1, 0.15) is 0 Å². The number of aromatic amines is 1. The number of hydrogen-bond acceptors (Lipinski definition) is 5. The molecule has 0 aliphatic carbocycles. The van der Waals surface area contributed by atoms with Crippen molar-refractivity contribution >= 4 is 33.1 Å². The first-order chi connectivity index (χ1) is 9.13. The number of rotatable bonds is 4. The zero-order chi connectivity index (χ0) is 13.8. The summed E-state index contributed by atoms with van der Waals surface area (Å²) in [6, 6.07) is 6.96. The molecule has 2 rings (SSSR count). The Kier molecular flexibility index (Phi) is 4.56. The van der Waals surface area contributed by atoms with E-state index in [0.717, 1.165) is 4.47 Å². The van der Waals surface area contributed by atoms with Gasteiger partial charge in [-0.1, -0.05) is 27.2 Å². The summed E-state index contributed by atoms with van der Waals surface area (Å²) in [5.74, 6) is -0.644. The Morgan fingerprint density at radius 3 is 3.05 bits per heavy atom. The Balaban J connectivity index is 2.32. The van der Waals surface area contributed by atoms with Gasteiger partial charge in [0.25, 0.3) is 5.03 Å². The second kappa shape index (κ2) is 6.18. The molecule has 1 heterocycles. The van der Waals surface area contributed by atoms with E-state index in [1.807, 2.05) is 6.07 Å². The molecule has 0 spiro atoms. The number of nitrogens with one attached hydrogen (secondary N) is 1. The molecule has 6 nitrogen and oxygen atoms in total. The van der Waals surface area contributed by atoms with Crippen LogP contribution in [0.4, 0.5) is 0 Å². The minimum absolute atomic E-state index is 0.0554. The first kappa shape index (κ1) is 14.0. The number of ether oxygens (including phenoxy) is 1. The van der Waals surface area contributed by atoms with E-state index in [1.165, 1.54) is 0 Å². The van der Waals surface area contributed by atoms with Crippen molar-refractivity contribution in [1.82, 2.24) is 15.4 Å². The normalized spacial score (nSPS) is 12.2. The molecule has 0 radical (unpaired) electrons. The van der Waals surface area contributed by atoms with Gasteiger partial charge in [0.15, 0.2) is 4.90 Å². The van der Waals surface area contributed by atoms with Crippen LogP contribution < -0.4 is 0 Å². The number of carbonyl (C=O) groups excluding carboxylic acids is 1. The molecule has 0 aliphatic rings. The summed E-state index contributed by atoms with van der Waals surface area (Å²) in [7, 11) is 0. The quantitative estimate of drug-likeness (QED) is 0.676. The first-order valence-corrected chi connectivity index (χ1v) is 7.33. The molecule has 0 saturated heterocycles. The van der Waals surface area contributed by atoms with Crippen LogP contribution in [0.3, 0.4) is 0 Å². The van der Waals surface area contributed by atoms with E-state index in [1.54, 1.807) is 25.1 Å². The molecule has 0 amide bonds. The third-order valence-electron chi connectivity index (χ3n) is 2.18. The summed E-state index contributed by atoms with van der Waals surface area (Å²) >= 11 is 1.73. The van der Waals surface area contributed by atoms with Gasteiger partial charge >= 0.3 is 5.97 Å². The summed E-state index contributed by atoms with van der Waals surface area (Å²) in [4.78, 5) is 12.2. The minimum Gasteiger partial charge on any atom is -0.605 e. The SMILES string of the molecule is CCOC(=O)c1nn[nH]c1[S+]([O-])c1cccc(Br)c1. The molecule has 1 aromatic heterocycles. The second-order valence-corrected chi connectivity index (χ2v) is 5.77. The third kappa shape index (κ3) is 3.14. The van der Waals surface area contributed by atoms with Crippen LogP contribution in [-0.4, -0.2) is 32.5 Å². The van der Waals surface area contributed by atoms with Gasteiger partial charge in [0.2, 0.25) is 5.69 Å². The van der Waals surface area contributed by atoms with Crippen molar-refractivity contribution in [3.05, 3.63) is 34.4 Å². The number of carbonyl (C=O) groups is 1. The number of esters is 1. The van der Waals surface area contributed by atoms with Crippen LogP contribution in [-0.2, 0) is 15.9 Å². The van der Waals surface area contributed by atoms with Gasteiger partial charge < -0.3 is 9.29 Å². The van der Waals surface area contributed by atoms with Crippen molar-refractivity contribution in [2.75, 3.05) is 6.61 Å². The third-order valence-corrected chi connectivity index (χ3v) is 4.01. The molecule has 1 aromatic carbocycles. The van der Waals surface area contributed by atoms with Crippen molar-refractivity contribution in [1.29, 1.82) is 0 Å². The standard InChI is InChI=1S/C11H10BrN3O3S/c1-2-18-11(16)9-10(14-15-13-9)19(17)8-5-3-4-7(12)6-8/h3-6H,2H2,1H3,(H,13,14,15). The lowest BCUT2D eigenvalue weighted by Crippen LogP contribution is -2.12. The predicted molar refractivity (Wildman–Crippen MR) is 71.2 cm³/mol. The highest BCUT2D eigenvalue weighted by Gasteiger charge is 2.28. The van der Waals surface area contributed by atoms with Crippen LogP contribution >= 0.6 is 15.9 Å². The van der Waals surface area contributed by atoms with E-state index in [4.69, 9.17) is 4.74 Å². The Labute approximate surface area is 120 Å². The topological polar surface area (TPSA) is 90.9 Å². The molecular weight excluding hydrogens is 334 g/mol. The average Bonchev–Trinajstić information content (AvgIpc) is 2.87. The maximum absolute atomic E-state index is 12.4. The van der Waals surface area contributed by atoms with E-state index in [9.17, 15) is 9.35 Å². The number of benzene rings is 1. The fraction of sp³-hybridized carbons (Fsp3) is 0.182. The van der Waals surface area contributed by atoms with Gasteiger partial charge in [0, 0.05) is 21.7 Å². The lowest BCUT2D eigenvalue weighted by atomic mass is 10.4. The molecule has 1 unspecified atom stereocenters. The number of nitrogens with zero attached hydrogens (tertiary/aromatic N) is 2. The molecule has 0 aliphatic heterocycles. The lowest BCUT2D eigenvalue weighted by molar-refractivity contribution is 0.0514. The van der Waals surface area contributed by atoms with E-state index < -0.39 is 17.1 Å². The maximum atomic E-state index is 12.4. The molecule has 0 fully saturated rings. The number of H-pyrrole nitrogens is 1. The highest BCUT2D eigenvalue weighted by Crippen LogP contribution is 2.23. The van der Waals surface area contributed by atoms with Crippen LogP contribution in [0, 0.1) is 0 Å². The second-order valence-electron chi connectivity index (χ2n) is 3.44. The van der Waals surface area contributed by atoms with Crippen molar-refractivity contribution in [2.24, 2.45) is 0 Å². The monoisotopic (exact) mass is 343 g/mol. The Morgan fingerprint density at radius 2 is 2.37 bits per heavy atom. The van der Waals surface area contributed by atoms with E-state index in [2.05, 4.69) is 31.3 Å². The fourth-order valence-corrected chi connectivity index (χ4v) is 3.03. The van der Waals surface area contributed by atoms with Crippen LogP contribution in [0.2, 0.25) is 0 Å². The molecule has 8 heteroatoms. The van der Waals surface area contributed by atoms with Crippen LogP contribution in [0.1, 0.15) is 17.4 Å². The smallest absolute Gasteiger partial charge is 0.366 e. The highest BCUT2D eigenvalue weighted by molar-refractivity contribution is 9.10. The van der Waals surface area contributed by atoms with Crippen LogP contribution in [0.15, 0.2) is 38.7 Å². The molecular formula is C11H10BrN3O3S. The summed E-state index contributed by atoms with van der Waals surface area (Å²) in [5, 5.41) is 9.75. The number of aromatic nitrogens is 3. The van der Waals surface area contributed by atoms with Gasteiger partial charge in [-0.3, -0.25) is 0 Å². The number of halogens is 1. The maximum Gasteiger partial charge on any atom is 0.366 e. The highest BCUT2D eigenvalue weighted by atomic mass is 79.9. The first-order valence-electron chi connectivity index (χ1n) is 5.39. The summed E-state index contributed by atoms with van der Waals surface area (Å²) < 4.78 is 18.0. The molecule has 0 saturated carbocycles. The Morgan fingerprint density at radius 1 is 1.58 bits per heavy atom. The Bertz CT molecular complexity index is 590. The van der Waals surface area contributed by atoms with E-state index >= 15 is 0 Å². The lowest BCUT2D eigenvalue weighted by Gasteiger charge is -2.08. The van der Waals surface area contributed by atoms with Gasteiger partial charge in [-0.05, 0) is 19.1 Å². The van der Waals surface area contributed by atoms with Gasteiger partial charge in [0.05, 0.1) is 6.61 Å². The van der Waals surface area contributed by atoms with Gasteiger partial charge in [-0.25, -0.2) is 9.89 Å². The Hall–Kier alpha value is -1.38. The zero-order valence-corrected chi connectivity index (χ0v) is 12.3. The minimum atomic E-state index is -1.57. The average molecular weight is 344 g/mol. The van der Waals surface area contributed by atoms with Crippen molar-refractivity contribution in [2.45, 2.75) is 16.8 Å².